The summed E-state index contributed by atoms with van der Waals surface area (Å²) in [6.07, 6.45) is 3.32. The monoisotopic (exact) mass is 188 g/mol. The van der Waals surface area contributed by atoms with Gasteiger partial charge < -0.3 is 5.11 Å². The third-order valence-corrected chi connectivity index (χ3v) is 2.77. The van der Waals surface area contributed by atoms with Crippen LogP contribution in [0, 0.1) is 5.41 Å². The van der Waals surface area contributed by atoms with Crippen LogP contribution in [-0.2, 0) is 6.42 Å². The third-order valence-electron chi connectivity index (χ3n) is 2.77. The molecule has 0 heterocycles. The maximum Gasteiger partial charge on any atom is 0.115 e. The lowest BCUT2D eigenvalue weighted by atomic mass is 9.76. The third kappa shape index (κ3) is 1.54. The highest BCUT2D eigenvalue weighted by molar-refractivity contribution is 5.70. The van der Waals surface area contributed by atoms with Crippen LogP contribution >= 0.6 is 0 Å². The molecule has 0 aliphatic heterocycles. The van der Waals surface area contributed by atoms with Crippen LogP contribution in [0.3, 0.4) is 0 Å². The smallest absolute Gasteiger partial charge is 0.115 e. The van der Waals surface area contributed by atoms with Crippen molar-refractivity contribution in [3.05, 3.63) is 35.4 Å². The number of phenols is 1. The van der Waals surface area contributed by atoms with Gasteiger partial charge in [-0.3, -0.25) is 0 Å². The number of phenolic OH excluding ortho intramolecular Hbond substituents is 1. The second kappa shape index (κ2) is 2.88. The topological polar surface area (TPSA) is 20.2 Å². The second-order valence-electron chi connectivity index (χ2n) is 4.83. The molecule has 0 amide bonds. The number of allylic oxidation sites excluding steroid dienone is 2. The van der Waals surface area contributed by atoms with Crippen molar-refractivity contribution in [2.24, 2.45) is 5.41 Å². The van der Waals surface area contributed by atoms with E-state index >= 15 is 0 Å². The van der Waals surface area contributed by atoms with Gasteiger partial charge in [0.1, 0.15) is 5.75 Å². The Morgan fingerprint density at radius 2 is 2.00 bits per heavy atom. The van der Waals surface area contributed by atoms with Gasteiger partial charge >= 0.3 is 0 Å². The predicted molar refractivity (Wildman–Crippen MR) is 59.2 cm³/mol. The Hall–Kier alpha value is -1.24. The first-order valence-electron chi connectivity index (χ1n) is 5.00. The maximum atomic E-state index is 9.43. The van der Waals surface area contributed by atoms with E-state index in [9.17, 15) is 5.11 Å². The van der Waals surface area contributed by atoms with Crippen LogP contribution in [0.4, 0.5) is 0 Å². The molecule has 1 aromatic rings. The summed E-state index contributed by atoms with van der Waals surface area (Å²) in [6.45, 7) is 6.59. The number of fused-ring (bicyclic) bond motifs is 1. The van der Waals surface area contributed by atoms with Crippen LogP contribution in [0.2, 0.25) is 0 Å². The van der Waals surface area contributed by atoms with E-state index in [2.05, 4.69) is 26.8 Å². The van der Waals surface area contributed by atoms with Gasteiger partial charge in [0.2, 0.25) is 0 Å². The molecule has 0 fully saturated rings. The first-order valence-corrected chi connectivity index (χ1v) is 5.00. The summed E-state index contributed by atoms with van der Waals surface area (Å²) in [4.78, 5) is 0. The van der Waals surface area contributed by atoms with Gasteiger partial charge in [0.05, 0.1) is 0 Å². The maximum absolute atomic E-state index is 9.43. The lowest BCUT2D eigenvalue weighted by molar-refractivity contribution is 0.459. The van der Waals surface area contributed by atoms with E-state index in [1.165, 1.54) is 16.7 Å². The Bertz CT molecular complexity index is 400. The Kier molecular flexibility index (Phi) is 1.91. The quantitative estimate of drug-likeness (QED) is 0.661. The molecule has 1 aromatic carbocycles. The summed E-state index contributed by atoms with van der Waals surface area (Å²) >= 11 is 0. The molecule has 14 heavy (non-hydrogen) atoms. The highest BCUT2D eigenvalue weighted by Gasteiger charge is 2.23. The van der Waals surface area contributed by atoms with Crippen molar-refractivity contribution in [3.63, 3.8) is 0 Å². The predicted octanol–water partition coefficient (Wildman–Crippen LogP) is 3.38. The molecule has 2 rings (SSSR count). The summed E-state index contributed by atoms with van der Waals surface area (Å²) in [5.74, 6) is 0.370. The molecule has 1 aliphatic rings. The van der Waals surface area contributed by atoms with Crippen molar-refractivity contribution >= 4 is 5.57 Å². The first-order chi connectivity index (χ1) is 6.48. The van der Waals surface area contributed by atoms with E-state index < -0.39 is 0 Å². The summed E-state index contributed by atoms with van der Waals surface area (Å²) in [5.41, 5.74) is 4.07. The fraction of sp³-hybridized carbons (Fsp3) is 0.385. The summed E-state index contributed by atoms with van der Waals surface area (Å²) < 4.78 is 0. The minimum atomic E-state index is 0.213. The number of hydrogen-bond donors (Lipinski definition) is 1. The van der Waals surface area contributed by atoms with Crippen molar-refractivity contribution < 1.29 is 5.11 Å². The van der Waals surface area contributed by atoms with Gasteiger partial charge in [-0.2, -0.15) is 0 Å². The first kappa shape index (κ1) is 9.32. The molecule has 0 radical (unpaired) electrons. The molecule has 74 valence electrons. The Morgan fingerprint density at radius 3 is 2.71 bits per heavy atom. The number of hydrogen-bond acceptors (Lipinski definition) is 1. The molecular weight excluding hydrogens is 172 g/mol. The fourth-order valence-electron chi connectivity index (χ4n) is 2.32. The lowest BCUT2D eigenvalue weighted by Gasteiger charge is -2.28. The summed E-state index contributed by atoms with van der Waals surface area (Å²) in [6, 6.07) is 5.65. The zero-order valence-electron chi connectivity index (χ0n) is 8.96. The normalized spacial score (nSPS) is 18.6. The molecule has 0 aromatic heterocycles. The lowest BCUT2D eigenvalue weighted by Crippen LogP contribution is -2.17. The van der Waals surface area contributed by atoms with Crippen LogP contribution in [0.25, 0.3) is 5.57 Å². The minimum Gasteiger partial charge on any atom is -0.508 e. The van der Waals surface area contributed by atoms with Crippen molar-refractivity contribution in [1.29, 1.82) is 0 Å². The average Bonchev–Trinajstić information content (AvgIpc) is 2.00. The number of benzene rings is 1. The SMILES string of the molecule is CC1=CC(C)(C)Cc2cc(O)ccc21. The molecule has 1 nitrogen and oxygen atoms in total. The zero-order chi connectivity index (χ0) is 10.3. The van der Waals surface area contributed by atoms with Gasteiger partial charge in [-0.1, -0.05) is 26.0 Å². The van der Waals surface area contributed by atoms with Crippen LogP contribution in [0.15, 0.2) is 24.3 Å². The van der Waals surface area contributed by atoms with Crippen molar-refractivity contribution in [2.45, 2.75) is 27.2 Å². The minimum absolute atomic E-state index is 0.213. The van der Waals surface area contributed by atoms with E-state index in [0.29, 0.717) is 5.75 Å². The second-order valence-corrected chi connectivity index (χ2v) is 4.83. The van der Waals surface area contributed by atoms with Gasteiger partial charge in [-0.25, -0.2) is 0 Å². The fourth-order valence-corrected chi connectivity index (χ4v) is 2.32. The molecule has 0 unspecified atom stereocenters. The number of aromatic hydroxyl groups is 1. The molecule has 0 atom stereocenters. The van der Waals surface area contributed by atoms with E-state index in [1.54, 1.807) is 6.07 Å². The molecule has 0 bridgehead atoms. The highest BCUT2D eigenvalue weighted by atomic mass is 16.3. The van der Waals surface area contributed by atoms with Crippen LogP contribution in [0.5, 0.6) is 5.75 Å². The molecule has 1 heteroatoms. The van der Waals surface area contributed by atoms with Crippen molar-refractivity contribution in [3.8, 4) is 5.75 Å². The van der Waals surface area contributed by atoms with E-state index in [1.807, 2.05) is 12.1 Å². The Labute approximate surface area is 85.1 Å². The van der Waals surface area contributed by atoms with Crippen molar-refractivity contribution in [1.82, 2.24) is 0 Å². The highest BCUT2D eigenvalue weighted by Crippen LogP contribution is 2.37. The Balaban J connectivity index is 2.56. The molecule has 0 saturated heterocycles. The molecule has 0 spiro atoms. The van der Waals surface area contributed by atoms with Crippen LogP contribution in [0.1, 0.15) is 31.9 Å². The van der Waals surface area contributed by atoms with Gasteiger partial charge in [0, 0.05) is 0 Å². The van der Waals surface area contributed by atoms with Gasteiger partial charge in [0.15, 0.2) is 0 Å². The van der Waals surface area contributed by atoms with E-state index in [0.717, 1.165) is 6.42 Å². The van der Waals surface area contributed by atoms with Crippen LogP contribution < -0.4 is 0 Å². The summed E-state index contributed by atoms with van der Waals surface area (Å²) in [7, 11) is 0. The molecular formula is C13H16O. The van der Waals surface area contributed by atoms with Gasteiger partial charge in [-0.15, -0.1) is 0 Å². The van der Waals surface area contributed by atoms with Crippen molar-refractivity contribution in [2.75, 3.05) is 0 Å². The Morgan fingerprint density at radius 1 is 1.29 bits per heavy atom. The largest absolute Gasteiger partial charge is 0.508 e. The van der Waals surface area contributed by atoms with Crippen LogP contribution in [-0.4, -0.2) is 5.11 Å². The average molecular weight is 188 g/mol. The van der Waals surface area contributed by atoms with E-state index in [4.69, 9.17) is 0 Å². The van der Waals surface area contributed by atoms with Gasteiger partial charge in [0.25, 0.3) is 0 Å². The standard InChI is InChI=1S/C13H16O/c1-9-7-13(2,3)8-10-6-11(14)4-5-12(9)10/h4-7,14H,8H2,1-3H3. The zero-order valence-corrected chi connectivity index (χ0v) is 8.96. The number of rotatable bonds is 0. The summed E-state index contributed by atoms with van der Waals surface area (Å²) in [5, 5.41) is 9.43. The molecule has 1 N–H and O–H groups in total. The van der Waals surface area contributed by atoms with E-state index in [-0.39, 0.29) is 5.41 Å². The molecule has 1 aliphatic carbocycles. The van der Waals surface area contributed by atoms with Gasteiger partial charge in [-0.05, 0) is 47.6 Å². The molecule has 0 saturated carbocycles.